The Kier molecular flexibility index (Phi) is 4.99. The molecule has 0 spiro atoms. The summed E-state index contributed by atoms with van der Waals surface area (Å²) >= 11 is 3.22. The molecule has 3 rings (SSSR count). The lowest BCUT2D eigenvalue weighted by Crippen LogP contribution is -2.19. The summed E-state index contributed by atoms with van der Waals surface area (Å²) < 4.78 is 14.5. The molecular weight excluding hydrogens is 375 g/mol. The number of nitrogens with one attached hydrogen (secondary N) is 1. The Hall–Kier alpha value is -2.15. The minimum Gasteiger partial charge on any atom is -0.380 e. The Morgan fingerprint density at radius 3 is 2.71 bits per heavy atom. The van der Waals surface area contributed by atoms with E-state index in [1.54, 1.807) is 12.3 Å². The highest BCUT2D eigenvalue weighted by atomic mass is 79.9. The zero-order valence-corrected chi connectivity index (χ0v) is 14.6. The third-order valence-electron chi connectivity index (χ3n) is 4.02. The van der Waals surface area contributed by atoms with E-state index in [1.807, 2.05) is 12.1 Å². The van der Waals surface area contributed by atoms with Crippen molar-refractivity contribution in [1.29, 1.82) is 0 Å². The molecule has 0 saturated carbocycles. The van der Waals surface area contributed by atoms with Gasteiger partial charge in [-0.2, -0.15) is 0 Å². The topological polar surface area (TPSA) is 71.2 Å². The first-order valence-corrected chi connectivity index (χ1v) is 8.56. The number of nitrogens with two attached hydrogens (primary N) is 1. The van der Waals surface area contributed by atoms with E-state index in [2.05, 4.69) is 31.1 Å². The number of anilines is 2. The highest BCUT2D eigenvalue weighted by Crippen LogP contribution is 2.25. The van der Waals surface area contributed by atoms with E-state index in [9.17, 15) is 9.18 Å². The van der Waals surface area contributed by atoms with Crippen molar-refractivity contribution in [3.8, 4) is 0 Å². The molecule has 1 aromatic carbocycles. The molecule has 7 heteroatoms. The zero-order valence-electron chi connectivity index (χ0n) is 13.1. The standard InChI is InChI=1S/C17H18BrFN4O/c18-12-7-13(19)16(17(20)24)14(8-12)21-9-11-3-4-15(22-10-11)23-5-1-2-6-23/h3-4,7-8,10,21H,1-2,5-6,9H2,(H2,20,24). The van der Waals surface area contributed by atoms with Crippen LogP contribution in [-0.4, -0.2) is 24.0 Å². The number of primary amides is 1. The van der Waals surface area contributed by atoms with E-state index >= 15 is 0 Å². The van der Waals surface area contributed by atoms with Crippen LogP contribution in [0.25, 0.3) is 0 Å². The fraction of sp³-hybridized carbons (Fsp3) is 0.294. The third-order valence-corrected chi connectivity index (χ3v) is 4.48. The zero-order chi connectivity index (χ0) is 17.1. The van der Waals surface area contributed by atoms with Gasteiger partial charge in [0.25, 0.3) is 5.91 Å². The van der Waals surface area contributed by atoms with Gasteiger partial charge in [0.2, 0.25) is 0 Å². The molecule has 126 valence electrons. The van der Waals surface area contributed by atoms with E-state index < -0.39 is 11.7 Å². The first kappa shape index (κ1) is 16.7. The Morgan fingerprint density at radius 1 is 1.33 bits per heavy atom. The van der Waals surface area contributed by atoms with Crippen molar-refractivity contribution in [2.24, 2.45) is 5.73 Å². The molecule has 2 aromatic rings. The van der Waals surface area contributed by atoms with E-state index in [4.69, 9.17) is 5.73 Å². The van der Waals surface area contributed by atoms with Crippen LogP contribution in [0.5, 0.6) is 0 Å². The Labute approximate surface area is 148 Å². The van der Waals surface area contributed by atoms with Gasteiger partial charge in [0.1, 0.15) is 11.6 Å². The van der Waals surface area contributed by atoms with Gasteiger partial charge in [0.15, 0.2) is 0 Å². The fourth-order valence-electron chi connectivity index (χ4n) is 2.82. The lowest BCUT2D eigenvalue weighted by molar-refractivity contribution is 0.0997. The van der Waals surface area contributed by atoms with Crippen LogP contribution >= 0.6 is 15.9 Å². The Balaban J connectivity index is 1.72. The van der Waals surface area contributed by atoms with E-state index in [1.165, 1.54) is 18.9 Å². The maximum atomic E-state index is 13.9. The van der Waals surface area contributed by atoms with Crippen LogP contribution in [-0.2, 0) is 6.54 Å². The van der Waals surface area contributed by atoms with Gasteiger partial charge < -0.3 is 16.0 Å². The molecule has 2 heterocycles. The van der Waals surface area contributed by atoms with Crippen molar-refractivity contribution < 1.29 is 9.18 Å². The van der Waals surface area contributed by atoms with Crippen LogP contribution < -0.4 is 16.0 Å². The van der Waals surface area contributed by atoms with Crippen molar-refractivity contribution in [3.05, 3.63) is 51.9 Å². The molecule has 0 radical (unpaired) electrons. The van der Waals surface area contributed by atoms with Crippen LogP contribution in [0, 0.1) is 5.82 Å². The summed E-state index contributed by atoms with van der Waals surface area (Å²) in [6.45, 7) is 2.51. The molecule has 1 aromatic heterocycles. The van der Waals surface area contributed by atoms with Crippen LogP contribution in [0.2, 0.25) is 0 Å². The van der Waals surface area contributed by atoms with Crippen LogP contribution in [0.4, 0.5) is 15.9 Å². The molecule has 24 heavy (non-hydrogen) atoms. The van der Waals surface area contributed by atoms with Crippen LogP contribution in [0.3, 0.4) is 0 Å². The number of pyridine rings is 1. The predicted molar refractivity (Wildman–Crippen MR) is 95.6 cm³/mol. The van der Waals surface area contributed by atoms with E-state index in [0.29, 0.717) is 16.7 Å². The van der Waals surface area contributed by atoms with Gasteiger partial charge in [0, 0.05) is 30.3 Å². The molecule has 1 amide bonds. The molecular formula is C17H18BrFN4O. The Morgan fingerprint density at radius 2 is 2.08 bits per heavy atom. The molecule has 0 unspecified atom stereocenters. The largest absolute Gasteiger partial charge is 0.380 e. The molecule has 3 N–H and O–H groups in total. The van der Waals surface area contributed by atoms with Crippen molar-refractivity contribution in [1.82, 2.24) is 4.98 Å². The normalized spacial score (nSPS) is 14.0. The fourth-order valence-corrected chi connectivity index (χ4v) is 3.25. The molecule has 1 aliphatic heterocycles. The minimum absolute atomic E-state index is 0.139. The van der Waals surface area contributed by atoms with Crippen molar-refractivity contribution in [2.75, 3.05) is 23.3 Å². The number of carbonyl (C=O) groups excluding carboxylic acids is 1. The quantitative estimate of drug-likeness (QED) is 0.818. The number of amides is 1. The SMILES string of the molecule is NC(=O)c1c(F)cc(Br)cc1NCc1ccc(N2CCCC2)nc1. The lowest BCUT2D eigenvalue weighted by Gasteiger charge is -2.16. The van der Waals surface area contributed by atoms with Gasteiger partial charge in [-0.3, -0.25) is 4.79 Å². The van der Waals surface area contributed by atoms with E-state index in [-0.39, 0.29) is 5.56 Å². The van der Waals surface area contributed by atoms with E-state index in [0.717, 1.165) is 24.5 Å². The number of rotatable bonds is 5. The third kappa shape index (κ3) is 3.67. The monoisotopic (exact) mass is 392 g/mol. The summed E-state index contributed by atoms with van der Waals surface area (Å²) in [5.74, 6) is -0.477. The van der Waals surface area contributed by atoms with Gasteiger partial charge >= 0.3 is 0 Å². The number of aromatic nitrogens is 1. The molecule has 5 nitrogen and oxygen atoms in total. The molecule has 0 aliphatic carbocycles. The molecule has 1 fully saturated rings. The molecule has 1 aliphatic rings. The van der Waals surface area contributed by atoms with Gasteiger partial charge in [-0.25, -0.2) is 9.37 Å². The number of benzene rings is 1. The van der Waals surface area contributed by atoms with Gasteiger partial charge in [-0.15, -0.1) is 0 Å². The minimum atomic E-state index is -0.801. The van der Waals surface area contributed by atoms with Crippen molar-refractivity contribution >= 4 is 33.3 Å². The van der Waals surface area contributed by atoms with Crippen molar-refractivity contribution in [3.63, 3.8) is 0 Å². The molecule has 0 atom stereocenters. The van der Waals surface area contributed by atoms with Crippen LogP contribution in [0.1, 0.15) is 28.8 Å². The summed E-state index contributed by atoms with van der Waals surface area (Å²) in [4.78, 5) is 18.2. The number of carbonyl (C=O) groups is 1. The summed E-state index contributed by atoms with van der Waals surface area (Å²) in [5, 5.41) is 3.06. The lowest BCUT2D eigenvalue weighted by atomic mass is 10.1. The highest BCUT2D eigenvalue weighted by molar-refractivity contribution is 9.10. The highest BCUT2D eigenvalue weighted by Gasteiger charge is 2.16. The first-order chi connectivity index (χ1) is 11.5. The summed E-state index contributed by atoms with van der Waals surface area (Å²) in [6, 6.07) is 6.82. The summed E-state index contributed by atoms with van der Waals surface area (Å²) in [6.07, 6.45) is 4.20. The average molecular weight is 393 g/mol. The van der Waals surface area contributed by atoms with Crippen LogP contribution in [0.15, 0.2) is 34.9 Å². The molecule has 1 saturated heterocycles. The van der Waals surface area contributed by atoms with Gasteiger partial charge in [0.05, 0.1) is 11.3 Å². The number of nitrogens with zero attached hydrogens (tertiary/aromatic N) is 2. The van der Waals surface area contributed by atoms with Crippen molar-refractivity contribution in [2.45, 2.75) is 19.4 Å². The van der Waals surface area contributed by atoms with Gasteiger partial charge in [-0.1, -0.05) is 22.0 Å². The van der Waals surface area contributed by atoms with Gasteiger partial charge in [-0.05, 0) is 36.6 Å². The molecule has 0 bridgehead atoms. The smallest absolute Gasteiger partial charge is 0.253 e. The summed E-state index contributed by atoms with van der Waals surface area (Å²) in [7, 11) is 0. The predicted octanol–water partition coefficient (Wildman–Crippen LogP) is 3.29. The number of hydrogen-bond acceptors (Lipinski definition) is 4. The Bertz CT molecular complexity index is 745. The number of hydrogen-bond donors (Lipinski definition) is 2. The summed E-state index contributed by atoms with van der Waals surface area (Å²) in [5.41, 5.74) is 6.43. The maximum Gasteiger partial charge on any atom is 0.253 e. The first-order valence-electron chi connectivity index (χ1n) is 7.77. The second kappa shape index (κ2) is 7.17. The average Bonchev–Trinajstić information content (AvgIpc) is 3.06. The second-order valence-corrected chi connectivity index (χ2v) is 6.66. The number of halogens is 2. The maximum absolute atomic E-state index is 13.9. The second-order valence-electron chi connectivity index (χ2n) is 5.75.